The number of carbonyl (C=O) groups is 2. The second kappa shape index (κ2) is 11.8. The Morgan fingerprint density at radius 2 is 1.62 bits per heavy atom. The van der Waals surface area contributed by atoms with Crippen LogP contribution in [0.2, 0.25) is 5.02 Å². The number of rotatable bonds is 7. The van der Waals surface area contributed by atoms with Crippen LogP contribution in [0.25, 0.3) is 0 Å². The van der Waals surface area contributed by atoms with Crippen LogP contribution in [0.5, 0.6) is 0 Å². The molecule has 4 rings (SSSR count). The van der Waals surface area contributed by atoms with E-state index in [2.05, 4.69) is 4.90 Å². The summed E-state index contributed by atoms with van der Waals surface area (Å²) in [5.74, 6) is 0.0182. The fourth-order valence-electron chi connectivity index (χ4n) is 4.93. The Hall–Kier alpha value is -2.44. The quantitative estimate of drug-likeness (QED) is 0.563. The second-order valence-electron chi connectivity index (χ2n) is 9.33. The number of nitrogens with zero attached hydrogens (tertiary/aromatic N) is 3. The third-order valence-electron chi connectivity index (χ3n) is 7.00. The molecular formula is C27H33ClFN3O2. The van der Waals surface area contributed by atoms with Crippen LogP contribution in [0.3, 0.4) is 0 Å². The summed E-state index contributed by atoms with van der Waals surface area (Å²) in [4.78, 5) is 32.3. The zero-order valence-corrected chi connectivity index (χ0v) is 20.4. The Labute approximate surface area is 206 Å². The first kappa shape index (κ1) is 24.7. The van der Waals surface area contributed by atoms with Crippen molar-refractivity contribution in [3.63, 3.8) is 0 Å². The molecule has 7 heteroatoms. The van der Waals surface area contributed by atoms with Crippen molar-refractivity contribution in [2.75, 3.05) is 39.3 Å². The van der Waals surface area contributed by atoms with E-state index in [1.54, 1.807) is 24.3 Å². The molecule has 0 radical (unpaired) electrons. The number of hydrogen-bond acceptors (Lipinski definition) is 3. The predicted molar refractivity (Wildman–Crippen MR) is 132 cm³/mol. The summed E-state index contributed by atoms with van der Waals surface area (Å²) in [7, 11) is 0. The molecule has 34 heavy (non-hydrogen) atoms. The van der Waals surface area contributed by atoms with E-state index in [4.69, 9.17) is 11.6 Å². The normalized spacial score (nSPS) is 17.5. The van der Waals surface area contributed by atoms with Crippen molar-refractivity contribution in [2.45, 2.75) is 38.6 Å². The van der Waals surface area contributed by atoms with E-state index in [9.17, 15) is 14.0 Å². The lowest BCUT2D eigenvalue weighted by atomic mass is 9.88. The lowest BCUT2D eigenvalue weighted by Crippen LogP contribution is -2.51. The van der Waals surface area contributed by atoms with Gasteiger partial charge in [0.1, 0.15) is 5.82 Å². The highest BCUT2D eigenvalue weighted by atomic mass is 35.5. The molecule has 2 amide bonds. The van der Waals surface area contributed by atoms with E-state index in [0.29, 0.717) is 36.8 Å². The molecular weight excluding hydrogens is 453 g/mol. The van der Waals surface area contributed by atoms with Gasteiger partial charge in [0, 0.05) is 51.7 Å². The molecule has 5 nitrogen and oxygen atoms in total. The van der Waals surface area contributed by atoms with Gasteiger partial charge in [-0.3, -0.25) is 14.5 Å². The summed E-state index contributed by atoms with van der Waals surface area (Å²) < 4.78 is 13.4. The molecule has 1 aliphatic heterocycles. The topological polar surface area (TPSA) is 43.9 Å². The highest BCUT2D eigenvalue weighted by Crippen LogP contribution is 2.26. The van der Waals surface area contributed by atoms with Gasteiger partial charge in [0.2, 0.25) is 5.91 Å². The SMILES string of the molecule is O=C(c1ccccc1Cl)N1CCN(CCN(Cc2ccc(F)cc2)C(=O)C2CCCCC2)CC1. The monoisotopic (exact) mass is 485 g/mol. The number of piperazine rings is 1. The highest BCUT2D eigenvalue weighted by molar-refractivity contribution is 6.33. The molecule has 2 aromatic carbocycles. The van der Waals surface area contributed by atoms with Gasteiger partial charge in [0.05, 0.1) is 10.6 Å². The molecule has 2 aromatic rings. The number of hydrogen-bond donors (Lipinski definition) is 0. The molecule has 0 spiro atoms. The predicted octanol–water partition coefficient (Wildman–Crippen LogP) is 4.85. The average Bonchev–Trinajstić information content (AvgIpc) is 2.88. The minimum Gasteiger partial charge on any atom is -0.337 e. The van der Waals surface area contributed by atoms with Gasteiger partial charge in [-0.2, -0.15) is 0 Å². The number of halogens is 2. The van der Waals surface area contributed by atoms with Crippen LogP contribution in [0.15, 0.2) is 48.5 Å². The number of amides is 2. The van der Waals surface area contributed by atoms with E-state index in [1.807, 2.05) is 21.9 Å². The van der Waals surface area contributed by atoms with Crippen molar-refractivity contribution in [3.05, 3.63) is 70.5 Å². The fraction of sp³-hybridized carbons (Fsp3) is 0.481. The summed E-state index contributed by atoms with van der Waals surface area (Å²) in [6.07, 6.45) is 5.35. The maximum Gasteiger partial charge on any atom is 0.255 e. The van der Waals surface area contributed by atoms with E-state index in [0.717, 1.165) is 50.9 Å². The third kappa shape index (κ3) is 6.36. The van der Waals surface area contributed by atoms with Gasteiger partial charge < -0.3 is 9.80 Å². The number of benzene rings is 2. The van der Waals surface area contributed by atoms with Gasteiger partial charge in [-0.15, -0.1) is 0 Å². The molecule has 1 saturated heterocycles. The maximum absolute atomic E-state index is 13.4. The lowest BCUT2D eigenvalue weighted by Gasteiger charge is -2.36. The van der Waals surface area contributed by atoms with Crippen molar-refractivity contribution in [2.24, 2.45) is 5.92 Å². The molecule has 2 fully saturated rings. The summed E-state index contributed by atoms with van der Waals surface area (Å²) in [6, 6.07) is 13.6. The van der Waals surface area contributed by atoms with E-state index < -0.39 is 0 Å². The van der Waals surface area contributed by atoms with Gasteiger partial charge in [-0.25, -0.2) is 4.39 Å². The molecule has 0 aromatic heterocycles. The van der Waals surface area contributed by atoms with Crippen molar-refractivity contribution in [1.82, 2.24) is 14.7 Å². The molecule has 0 unspecified atom stereocenters. The Morgan fingerprint density at radius 3 is 2.29 bits per heavy atom. The van der Waals surface area contributed by atoms with Crippen LogP contribution in [0.1, 0.15) is 48.0 Å². The van der Waals surface area contributed by atoms with E-state index in [1.165, 1.54) is 18.6 Å². The van der Waals surface area contributed by atoms with Crippen LogP contribution in [0, 0.1) is 11.7 Å². The van der Waals surface area contributed by atoms with Gasteiger partial charge in [0.25, 0.3) is 5.91 Å². The van der Waals surface area contributed by atoms with Gasteiger partial charge >= 0.3 is 0 Å². The molecule has 0 bridgehead atoms. The van der Waals surface area contributed by atoms with Gasteiger partial charge in [-0.1, -0.05) is 55.1 Å². The molecule has 1 heterocycles. The van der Waals surface area contributed by atoms with Crippen LogP contribution < -0.4 is 0 Å². The van der Waals surface area contributed by atoms with Crippen LogP contribution in [0.4, 0.5) is 4.39 Å². The van der Waals surface area contributed by atoms with Crippen LogP contribution >= 0.6 is 11.6 Å². The Morgan fingerprint density at radius 1 is 0.941 bits per heavy atom. The Kier molecular flexibility index (Phi) is 8.57. The minimum absolute atomic E-state index is 0.0318. The molecule has 2 aliphatic rings. The molecule has 1 aliphatic carbocycles. The lowest BCUT2D eigenvalue weighted by molar-refractivity contribution is -0.137. The standard InChI is InChI=1S/C27H33ClFN3O2/c28-25-9-5-4-8-24(25)27(34)31-17-14-30(15-18-31)16-19-32(20-21-10-12-23(29)13-11-21)26(33)22-6-2-1-3-7-22/h4-5,8-13,22H,1-3,6-7,14-20H2. The van der Waals surface area contributed by atoms with Crippen molar-refractivity contribution >= 4 is 23.4 Å². The average molecular weight is 486 g/mol. The van der Waals surface area contributed by atoms with Gasteiger partial charge in [-0.05, 0) is 42.7 Å². The molecule has 182 valence electrons. The second-order valence-corrected chi connectivity index (χ2v) is 9.74. The van der Waals surface area contributed by atoms with E-state index in [-0.39, 0.29) is 23.5 Å². The van der Waals surface area contributed by atoms with Crippen molar-refractivity contribution < 1.29 is 14.0 Å². The van der Waals surface area contributed by atoms with Crippen LogP contribution in [-0.2, 0) is 11.3 Å². The maximum atomic E-state index is 13.4. The van der Waals surface area contributed by atoms with Crippen molar-refractivity contribution in [3.8, 4) is 0 Å². The van der Waals surface area contributed by atoms with E-state index >= 15 is 0 Å². The smallest absolute Gasteiger partial charge is 0.255 e. The summed E-state index contributed by atoms with van der Waals surface area (Å²) in [6.45, 7) is 4.69. The Bertz CT molecular complexity index is 970. The Balaban J connectivity index is 1.33. The zero-order valence-electron chi connectivity index (χ0n) is 19.6. The third-order valence-corrected chi connectivity index (χ3v) is 7.33. The fourth-order valence-corrected chi connectivity index (χ4v) is 5.14. The molecule has 0 N–H and O–H groups in total. The number of carbonyl (C=O) groups excluding carboxylic acids is 2. The first-order chi connectivity index (χ1) is 16.5. The van der Waals surface area contributed by atoms with Crippen molar-refractivity contribution in [1.29, 1.82) is 0 Å². The first-order valence-electron chi connectivity index (χ1n) is 12.3. The highest BCUT2D eigenvalue weighted by Gasteiger charge is 2.28. The molecule has 0 atom stereocenters. The summed E-state index contributed by atoms with van der Waals surface area (Å²) in [5.41, 5.74) is 1.49. The summed E-state index contributed by atoms with van der Waals surface area (Å²) >= 11 is 6.20. The summed E-state index contributed by atoms with van der Waals surface area (Å²) in [5, 5.41) is 0.479. The molecule has 1 saturated carbocycles. The van der Waals surface area contributed by atoms with Gasteiger partial charge in [0.15, 0.2) is 0 Å². The first-order valence-corrected chi connectivity index (χ1v) is 12.7. The zero-order chi connectivity index (χ0) is 23.9. The van der Waals surface area contributed by atoms with Crippen LogP contribution in [-0.4, -0.2) is 65.8 Å². The largest absolute Gasteiger partial charge is 0.337 e. The minimum atomic E-state index is -0.266.